The summed E-state index contributed by atoms with van der Waals surface area (Å²) in [6, 6.07) is 11.5. The van der Waals surface area contributed by atoms with E-state index in [9.17, 15) is 4.79 Å². The van der Waals surface area contributed by atoms with Crippen LogP contribution in [0.4, 0.5) is 0 Å². The van der Waals surface area contributed by atoms with Gasteiger partial charge < -0.3 is 9.47 Å². The van der Waals surface area contributed by atoms with E-state index in [4.69, 9.17) is 21.6 Å². The van der Waals surface area contributed by atoms with Crippen LogP contribution in [0, 0.1) is 11.3 Å². The van der Waals surface area contributed by atoms with E-state index >= 15 is 0 Å². The average molecular weight is 289 g/mol. The highest BCUT2D eigenvalue weighted by atomic mass is 35.5. The molecule has 5 nitrogen and oxygen atoms in total. The number of carbonyl (C=O) groups is 1. The Morgan fingerprint density at radius 3 is 2.50 bits per heavy atom. The monoisotopic (exact) mass is 288 g/mol. The van der Waals surface area contributed by atoms with Gasteiger partial charge in [-0.3, -0.25) is 0 Å². The van der Waals surface area contributed by atoms with Crippen LogP contribution in [0.3, 0.4) is 0 Å². The first kappa shape index (κ1) is 13.8. The van der Waals surface area contributed by atoms with Crippen molar-refractivity contribution in [1.82, 2.24) is 4.98 Å². The Hall–Kier alpha value is -2.58. The minimum absolute atomic E-state index is 0.00277. The zero-order valence-corrected chi connectivity index (χ0v) is 11.2. The SMILES string of the molecule is COC(=O)c1ccc(Oc2ccc(C#N)cc2)nc1Cl. The van der Waals surface area contributed by atoms with Crippen molar-refractivity contribution in [2.45, 2.75) is 0 Å². The molecular formula is C14H9ClN2O3. The van der Waals surface area contributed by atoms with Crippen LogP contribution in [0.1, 0.15) is 15.9 Å². The molecule has 0 aliphatic carbocycles. The van der Waals surface area contributed by atoms with E-state index in [0.717, 1.165) is 0 Å². The predicted octanol–water partition coefficient (Wildman–Crippen LogP) is 3.19. The second-order valence-corrected chi connectivity index (χ2v) is 4.08. The van der Waals surface area contributed by atoms with E-state index in [-0.39, 0.29) is 16.6 Å². The van der Waals surface area contributed by atoms with Gasteiger partial charge in [-0.1, -0.05) is 11.6 Å². The molecule has 2 rings (SSSR count). The normalized spacial score (nSPS) is 9.65. The highest BCUT2D eigenvalue weighted by Gasteiger charge is 2.13. The first-order chi connectivity index (χ1) is 9.63. The number of hydrogen-bond acceptors (Lipinski definition) is 5. The number of nitrogens with zero attached hydrogens (tertiary/aromatic N) is 2. The van der Waals surface area contributed by atoms with Crippen LogP contribution in [0.15, 0.2) is 36.4 Å². The van der Waals surface area contributed by atoms with Crippen LogP contribution in [0.5, 0.6) is 11.6 Å². The molecule has 0 saturated carbocycles. The maximum atomic E-state index is 11.4. The molecule has 1 aromatic heterocycles. The average Bonchev–Trinajstić information content (AvgIpc) is 2.47. The summed E-state index contributed by atoms with van der Waals surface area (Å²) in [5.41, 5.74) is 0.700. The molecule has 0 radical (unpaired) electrons. The van der Waals surface area contributed by atoms with Crippen LogP contribution < -0.4 is 4.74 Å². The molecule has 0 amide bonds. The number of aromatic nitrogens is 1. The number of ether oxygens (including phenoxy) is 2. The minimum atomic E-state index is -0.563. The topological polar surface area (TPSA) is 72.2 Å². The molecule has 0 spiro atoms. The molecule has 0 bridgehead atoms. The van der Waals surface area contributed by atoms with Gasteiger partial charge in [0.05, 0.1) is 24.3 Å². The smallest absolute Gasteiger partial charge is 0.341 e. The molecule has 0 saturated heterocycles. The second kappa shape index (κ2) is 6.04. The number of methoxy groups -OCH3 is 1. The Balaban J connectivity index is 2.20. The zero-order valence-electron chi connectivity index (χ0n) is 10.5. The number of rotatable bonds is 3. The van der Waals surface area contributed by atoms with Gasteiger partial charge in [0.2, 0.25) is 5.88 Å². The first-order valence-electron chi connectivity index (χ1n) is 5.57. The summed E-state index contributed by atoms with van der Waals surface area (Å²) in [5.74, 6) is 0.193. The Bertz CT molecular complexity index is 678. The lowest BCUT2D eigenvalue weighted by Gasteiger charge is -2.06. The number of nitriles is 1. The standard InChI is InChI=1S/C14H9ClN2O3/c1-19-14(18)11-6-7-12(17-13(11)15)20-10-4-2-9(8-16)3-5-10/h2-7H,1H3. The van der Waals surface area contributed by atoms with Gasteiger partial charge in [-0.15, -0.1) is 0 Å². The Labute approximate surface area is 120 Å². The molecule has 0 aliphatic heterocycles. The summed E-state index contributed by atoms with van der Waals surface area (Å²) >= 11 is 5.88. The fourth-order valence-electron chi connectivity index (χ4n) is 1.45. The lowest BCUT2D eigenvalue weighted by molar-refractivity contribution is 0.0600. The largest absolute Gasteiger partial charge is 0.465 e. The van der Waals surface area contributed by atoms with Crippen molar-refractivity contribution in [3.05, 3.63) is 52.7 Å². The number of halogens is 1. The van der Waals surface area contributed by atoms with Crippen molar-refractivity contribution in [3.8, 4) is 17.7 Å². The highest BCUT2D eigenvalue weighted by Crippen LogP contribution is 2.23. The highest BCUT2D eigenvalue weighted by molar-refractivity contribution is 6.32. The zero-order chi connectivity index (χ0) is 14.5. The molecule has 1 aromatic carbocycles. The van der Waals surface area contributed by atoms with Gasteiger partial charge in [-0.05, 0) is 30.3 Å². The predicted molar refractivity (Wildman–Crippen MR) is 71.8 cm³/mol. The third-order valence-electron chi connectivity index (χ3n) is 2.43. The van der Waals surface area contributed by atoms with Crippen LogP contribution >= 0.6 is 11.6 Å². The quantitative estimate of drug-likeness (QED) is 0.640. The van der Waals surface area contributed by atoms with Gasteiger partial charge in [0, 0.05) is 6.07 Å². The molecule has 100 valence electrons. The van der Waals surface area contributed by atoms with Crippen molar-refractivity contribution in [1.29, 1.82) is 5.26 Å². The van der Waals surface area contributed by atoms with E-state index in [2.05, 4.69) is 9.72 Å². The number of carbonyl (C=O) groups excluding carboxylic acids is 1. The number of hydrogen-bond donors (Lipinski definition) is 0. The molecule has 6 heteroatoms. The maximum Gasteiger partial charge on any atom is 0.341 e. The van der Waals surface area contributed by atoms with Crippen molar-refractivity contribution in [2.24, 2.45) is 0 Å². The summed E-state index contributed by atoms with van der Waals surface area (Å²) in [4.78, 5) is 15.3. The van der Waals surface area contributed by atoms with Crippen LogP contribution in [-0.4, -0.2) is 18.1 Å². The van der Waals surface area contributed by atoms with Gasteiger partial charge >= 0.3 is 5.97 Å². The molecule has 0 atom stereocenters. The fourth-order valence-corrected chi connectivity index (χ4v) is 1.68. The van der Waals surface area contributed by atoms with Crippen molar-refractivity contribution in [3.63, 3.8) is 0 Å². The summed E-state index contributed by atoms with van der Waals surface area (Å²) in [6.07, 6.45) is 0. The molecule has 1 heterocycles. The molecule has 0 unspecified atom stereocenters. The second-order valence-electron chi connectivity index (χ2n) is 3.72. The number of pyridine rings is 1. The first-order valence-corrected chi connectivity index (χ1v) is 5.94. The maximum absolute atomic E-state index is 11.4. The summed E-state index contributed by atoms with van der Waals surface area (Å²) in [6.45, 7) is 0. The Morgan fingerprint density at radius 1 is 1.25 bits per heavy atom. The molecular weight excluding hydrogens is 280 g/mol. The van der Waals surface area contributed by atoms with E-state index in [0.29, 0.717) is 11.3 Å². The van der Waals surface area contributed by atoms with Gasteiger partial charge in [0.15, 0.2) is 0 Å². The summed E-state index contributed by atoms with van der Waals surface area (Å²) < 4.78 is 10.0. The third-order valence-corrected chi connectivity index (χ3v) is 2.72. The van der Waals surface area contributed by atoms with E-state index in [1.807, 2.05) is 6.07 Å². The fraction of sp³-hybridized carbons (Fsp3) is 0.0714. The van der Waals surface area contributed by atoms with E-state index in [1.165, 1.54) is 19.2 Å². The summed E-state index contributed by atoms with van der Waals surface area (Å²) in [5, 5.41) is 8.70. The molecule has 0 fully saturated rings. The van der Waals surface area contributed by atoms with Crippen LogP contribution in [0.2, 0.25) is 5.15 Å². The van der Waals surface area contributed by atoms with Crippen molar-refractivity contribution < 1.29 is 14.3 Å². The lowest BCUT2D eigenvalue weighted by Crippen LogP contribution is -2.03. The van der Waals surface area contributed by atoms with Crippen LogP contribution in [0.25, 0.3) is 0 Å². The lowest BCUT2D eigenvalue weighted by atomic mass is 10.2. The minimum Gasteiger partial charge on any atom is -0.465 e. The Morgan fingerprint density at radius 2 is 1.95 bits per heavy atom. The molecule has 2 aromatic rings. The van der Waals surface area contributed by atoms with Gasteiger partial charge in [-0.25, -0.2) is 9.78 Å². The Kier molecular flexibility index (Phi) is 4.18. The van der Waals surface area contributed by atoms with Gasteiger partial charge in [0.1, 0.15) is 10.9 Å². The molecule has 0 N–H and O–H groups in total. The van der Waals surface area contributed by atoms with E-state index in [1.54, 1.807) is 24.3 Å². The number of esters is 1. The number of benzene rings is 1. The van der Waals surface area contributed by atoms with Crippen LogP contribution in [-0.2, 0) is 4.74 Å². The van der Waals surface area contributed by atoms with Gasteiger partial charge in [0.25, 0.3) is 0 Å². The van der Waals surface area contributed by atoms with E-state index < -0.39 is 5.97 Å². The molecule has 20 heavy (non-hydrogen) atoms. The van der Waals surface area contributed by atoms with Gasteiger partial charge in [-0.2, -0.15) is 5.26 Å². The third kappa shape index (κ3) is 3.05. The van der Waals surface area contributed by atoms with Crippen molar-refractivity contribution in [2.75, 3.05) is 7.11 Å². The molecule has 0 aliphatic rings. The summed E-state index contributed by atoms with van der Waals surface area (Å²) in [7, 11) is 1.26. The van der Waals surface area contributed by atoms with Crippen molar-refractivity contribution >= 4 is 17.6 Å².